The van der Waals surface area contributed by atoms with Gasteiger partial charge in [0.2, 0.25) is 15.9 Å². The maximum atomic E-state index is 12.3. The minimum Gasteiger partial charge on any atom is -0.444 e. The van der Waals surface area contributed by atoms with Crippen LogP contribution in [0.5, 0.6) is 0 Å². The first kappa shape index (κ1) is 18.4. The minimum atomic E-state index is -3.17. The third-order valence-electron chi connectivity index (χ3n) is 4.15. The van der Waals surface area contributed by atoms with Crippen LogP contribution in [0.15, 0.2) is 10.6 Å². The van der Waals surface area contributed by atoms with Gasteiger partial charge in [-0.05, 0) is 26.8 Å². The van der Waals surface area contributed by atoms with Crippen LogP contribution in [0, 0.1) is 0 Å². The van der Waals surface area contributed by atoms with Gasteiger partial charge < -0.3 is 4.42 Å². The molecule has 2 heterocycles. The number of nitrogens with zero attached hydrogens (tertiary/aromatic N) is 3. The van der Waals surface area contributed by atoms with Gasteiger partial charge in [-0.1, -0.05) is 20.8 Å². The molecule has 132 valence electrons. The molecular weight excluding hydrogens is 314 g/mol. The summed E-state index contributed by atoms with van der Waals surface area (Å²) < 4.78 is 32.0. The molecule has 2 rings (SSSR count). The van der Waals surface area contributed by atoms with Gasteiger partial charge in [-0.15, -0.1) is 0 Å². The maximum Gasteiger partial charge on any atom is 0.216 e. The number of sulfonamides is 1. The first-order chi connectivity index (χ1) is 10.6. The van der Waals surface area contributed by atoms with Gasteiger partial charge in [-0.3, -0.25) is 4.90 Å². The number of hydrogen-bond donors (Lipinski definition) is 0. The first-order valence-electron chi connectivity index (χ1n) is 8.27. The van der Waals surface area contributed by atoms with E-state index >= 15 is 0 Å². The second kappa shape index (κ2) is 6.91. The van der Waals surface area contributed by atoms with Crippen LogP contribution in [-0.4, -0.2) is 54.0 Å². The van der Waals surface area contributed by atoms with Gasteiger partial charge in [-0.2, -0.15) is 0 Å². The monoisotopic (exact) mass is 343 g/mol. The smallest absolute Gasteiger partial charge is 0.216 e. The highest BCUT2D eigenvalue weighted by atomic mass is 32.2. The van der Waals surface area contributed by atoms with Crippen molar-refractivity contribution in [1.29, 1.82) is 0 Å². The maximum absolute atomic E-state index is 12.3. The van der Waals surface area contributed by atoms with Crippen molar-refractivity contribution < 1.29 is 12.8 Å². The third-order valence-corrected chi connectivity index (χ3v) is 6.43. The summed E-state index contributed by atoms with van der Waals surface area (Å²) in [7, 11) is -3.17. The van der Waals surface area contributed by atoms with Gasteiger partial charge in [0, 0.05) is 25.0 Å². The van der Waals surface area contributed by atoms with Gasteiger partial charge in [-0.25, -0.2) is 17.7 Å². The molecule has 6 nitrogen and oxygen atoms in total. The van der Waals surface area contributed by atoms with Gasteiger partial charge in [0.1, 0.15) is 5.76 Å². The summed E-state index contributed by atoms with van der Waals surface area (Å²) in [5.74, 6) is 1.58. The van der Waals surface area contributed by atoms with E-state index < -0.39 is 10.0 Å². The fraction of sp³-hybridized carbons (Fsp3) is 0.812. The Bertz CT molecular complexity index is 617. The van der Waals surface area contributed by atoms with Crippen molar-refractivity contribution in [3.05, 3.63) is 17.8 Å². The standard InChI is InChI=1S/C16H29N3O3S/c1-13(2)23(20,21)19-8-6-7-18(9-10-19)12-15-17-11-14(22-15)16(3,4)5/h11,13H,6-10,12H2,1-5H3. The Morgan fingerprint density at radius 1 is 1.22 bits per heavy atom. The molecule has 0 bridgehead atoms. The first-order valence-corrected chi connectivity index (χ1v) is 9.77. The van der Waals surface area contributed by atoms with Crippen molar-refractivity contribution in [2.24, 2.45) is 0 Å². The van der Waals surface area contributed by atoms with Crippen molar-refractivity contribution in [2.45, 2.75) is 58.2 Å². The Morgan fingerprint density at radius 3 is 2.48 bits per heavy atom. The molecule has 0 atom stereocenters. The number of aromatic nitrogens is 1. The predicted octanol–water partition coefficient (Wildman–Crippen LogP) is 2.22. The fourth-order valence-corrected chi connectivity index (χ4v) is 3.90. The zero-order chi connectivity index (χ0) is 17.3. The lowest BCUT2D eigenvalue weighted by Crippen LogP contribution is -2.39. The van der Waals surface area contributed by atoms with E-state index in [2.05, 4.69) is 30.7 Å². The Balaban J connectivity index is 1.98. The molecule has 1 aliphatic rings. The molecule has 1 aromatic heterocycles. The van der Waals surface area contributed by atoms with Crippen molar-refractivity contribution in [1.82, 2.24) is 14.2 Å². The molecule has 1 aromatic rings. The van der Waals surface area contributed by atoms with Crippen LogP contribution in [0.2, 0.25) is 0 Å². The summed E-state index contributed by atoms with van der Waals surface area (Å²) in [5.41, 5.74) is -0.0494. The van der Waals surface area contributed by atoms with Crippen molar-refractivity contribution in [2.75, 3.05) is 26.2 Å². The third kappa shape index (κ3) is 4.55. The average molecular weight is 343 g/mol. The summed E-state index contributed by atoms with van der Waals surface area (Å²) >= 11 is 0. The van der Waals surface area contributed by atoms with Crippen molar-refractivity contribution >= 4 is 10.0 Å². The lowest BCUT2D eigenvalue weighted by Gasteiger charge is -2.22. The van der Waals surface area contributed by atoms with E-state index in [-0.39, 0.29) is 10.7 Å². The van der Waals surface area contributed by atoms with E-state index in [1.807, 2.05) is 0 Å². The van der Waals surface area contributed by atoms with Gasteiger partial charge >= 0.3 is 0 Å². The Hall–Kier alpha value is -0.920. The normalized spacial score (nSPS) is 19.2. The molecule has 7 heteroatoms. The predicted molar refractivity (Wildman–Crippen MR) is 90.7 cm³/mol. The summed E-state index contributed by atoms with van der Waals surface area (Å²) in [6.45, 7) is 13.1. The molecule has 1 fully saturated rings. The van der Waals surface area contributed by atoms with Crippen LogP contribution in [-0.2, 0) is 22.0 Å². The summed E-state index contributed by atoms with van der Waals surface area (Å²) in [6, 6.07) is 0. The van der Waals surface area contributed by atoms with Crippen LogP contribution in [0.25, 0.3) is 0 Å². The molecule has 0 spiro atoms. The van der Waals surface area contributed by atoms with E-state index in [0.717, 1.165) is 18.7 Å². The molecule has 1 saturated heterocycles. The van der Waals surface area contributed by atoms with Crippen LogP contribution in [0.1, 0.15) is 52.7 Å². The zero-order valence-corrected chi connectivity index (χ0v) is 15.7. The second-order valence-corrected chi connectivity index (χ2v) is 9.98. The highest BCUT2D eigenvalue weighted by molar-refractivity contribution is 7.89. The molecule has 1 aliphatic heterocycles. The topological polar surface area (TPSA) is 66.7 Å². The fourth-order valence-electron chi connectivity index (χ4n) is 2.58. The summed E-state index contributed by atoms with van der Waals surface area (Å²) in [6.07, 6.45) is 2.63. The minimum absolute atomic E-state index is 0.0494. The molecule has 0 aromatic carbocycles. The van der Waals surface area contributed by atoms with Crippen LogP contribution >= 0.6 is 0 Å². The van der Waals surface area contributed by atoms with E-state index in [9.17, 15) is 8.42 Å². The highest BCUT2D eigenvalue weighted by Gasteiger charge is 2.28. The molecule has 0 N–H and O–H groups in total. The van der Waals surface area contributed by atoms with Crippen molar-refractivity contribution in [3.63, 3.8) is 0 Å². The Morgan fingerprint density at radius 2 is 1.91 bits per heavy atom. The number of oxazole rings is 1. The zero-order valence-electron chi connectivity index (χ0n) is 14.9. The summed E-state index contributed by atoms with van der Waals surface area (Å²) in [4.78, 5) is 6.58. The largest absolute Gasteiger partial charge is 0.444 e. The van der Waals surface area contributed by atoms with Crippen LogP contribution < -0.4 is 0 Å². The lowest BCUT2D eigenvalue weighted by molar-refractivity contribution is 0.242. The van der Waals surface area contributed by atoms with Gasteiger partial charge in [0.15, 0.2) is 0 Å². The molecule has 0 aliphatic carbocycles. The molecule has 0 saturated carbocycles. The molecular formula is C16H29N3O3S. The quantitative estimate of drug-likeness (QED) is 0.838. The van der Waals surface area contributed by atoms with Crippen LogP contribution in [0.3, 0.4) is 0 Å². The van der Waals surface area contributed by atoms with E-state index in [4.69, 9.17) is 4.42 Å². The van der Waals surface area contributed by atoms with E-state index in [0.29, 0.717) is 32.1 Å². The van der Waals surface area contributed by atoms with Gasteiger partial charge in [0.05, 0.1) is 18.0 Å². The Kier molecular flexibility index (Phi) is 5.53. The van der Waals surface area contributed by atoms with E-state index in [1.54, 1.807) is 24.3 Å². The molecule has 0 amide bonds. The molecule has 0 radical (unpaired) electrons. The molecule has 23 heavy (non-hydrogen) atoms. The van der Waals surface area contributed by atoms with E-state index in [1.165, 1.54) is 0 Å². The summed E-state index contributed by atoms with van der Waals surface area (Å²) in [5, 5.41) is -0.366. The lowest BCUT2D eigenvalue weighted by atomic mass is 9.94. The SMILES string of the molecule is CC(C)S(=O)(=O)N1CCCN(Cc2ncc(C(C)(C)C)o2)CC1. The van der Waals surface area contributed by atoms with Gasteiger partial charge in [0.25, 0.3) is 0 Å². The molecule has 0 unspecified atom stereocenters. The number of hydrogen-bond acceptors (Lipinski definition) is 5. The number of rotatable bonds is 4. The van der Waals surface area contributed by atoms with Crippen LogP contribution in [0.4, 0.5) is 0 Å². The second-order valence-electron chi connectivity index (χ2n) is 7.49. The van der Waals surface area contributed by atoms with Crippen molar-refractivity contribution in [3.8, 4) is 0 Å². The average Bonchev–Trinajstić information content (AvgIpc) is 2.77. The Labute approximate surface area is 139 Å². The highest BCUT2D eigenvalue weighted by Crippen LogP contribution is 2.23.